The van der Waals surface area contributed by atoms with Crippen molar-refractivity contribution in [3.8, 4) is 11.5 Å². The number of aliphatic hydroxyl groups is 1. The SMILES string of the molecule is CCCCCCCCOc1cc(OCCCCCCCC)cc(C(=O)Nc2ccc(C(=O)OCC[N+](C)(CC)CC)cc2)c1.CO. The molecule has 2 aromatic rings. The maximum atomic E-state index is 13.3. The highest BCUT2D eigenvalue weighted by Crippen LogP contribution is 2.25. The molecule has 0 radical (unpaired) electrons. The zero-order chi connectivity index (χ0) is 34.0. The topological polar surface area (TPSA) is 94.1 Å². The van der Waals surface area contributed by atoms with Crippen LogP contribution in [0.25, 0.3) is 0 Å². The molecule has 0 heterocycles. The quantitative estimate of drug-likeness (QED) is 0.0676. The van der Waals surface area contributed by atoms with E-state index in [1.807, 2.05) is 6.07 Å². The van der Waals surface area contributed by atoms with E-state index in [9.17, 15) is 9.59 Å². The fourth-order valence-electron chi connectivity index (χ4n) is 4.89. The number of benzene rings is 2. The number of ether oxygens (including phenoxy) is 3. The normalized spacial score (nSPS) is 10.9. The molecule has 0 saturated heterocycles. The van der Waals surface area contributed by atoms with Gasteiger partial charge in [-0.3, -0.25) is 4.79 Å². The number of nitrogens with zero attached hydrogens (tertiary/aromatic N) is 1. The second-order valence-electron chi connectivity index (χ2n) is 12.1. The lowest BCUT2D eigenvalue weighted by atomic mass is 10.1. The predicted octanol–water partition coefficient (Wildman–Crippen LogP) is 8.67. The number of quaternary nitrogens is 1. The number of aliphatic hydroxyl groups excluding tert-OH is 1. The molecule has 2 aromatic carbocycles. The van der Waals surface area contributed by atoms with E-state index in [0.29, 0.717) is 48.1 Å². The van der Waals surface area contributed by atoms with E-state index in [0.717, 1.165) is 56.9 Å². The summed E-state index contributed by atoms with van der Waals surface area (Å²) in [5.74, 6) is 0.668. The first-order valence-corrected chi connectivity index (χ1v) is 17.6. The lowest BCUT2D eigenvalue weighted by Crippen LogP contribution is -2.46. The summed E-state index contributed by atoms with van der Waals surface area (Å²) < 4.78 is 18.5. The fourth-order valence-corrected chi connectivity index (χ4v) is 4.89. The highest BCUT2D eigenvalue weighted by atomic mass is 16.5. The van der Waals surface area contributed by atoms with Gasteiger partial charge in [0.2, 0.25) is 0 Å². The molecule has 0 aromatic heterocycles. The molecule has 0 saturated carbocycles. The Morgan fingerprint density at radius 2 is 1.13 bits per heavy atom. The van der Waals surface area contributed by atoms with Crippen molar-refractivity contribution < 1.29 is 33.4 Å². The van der Waals surface area contributed by atoms with Gasteiger partial charge in [0.05, 0.1) is 38.9 Å². The average molecular weight is 644 g/mol. The predicted molar refractivity (Wildman–Crippen MR) is 189 cm³/mol. The molecule has 0 aliphatic rings. The molecule has 8 nitrogen and oxygen atoms in total. The van der Waals surface area contributed by atoms with E-state index < -0.39 is 0 Å². The summed E-state index contributed by atoms with van der Waals surface area (Å²) in [4.78, 5) is 25.8. The molecule has 260 valence electrons. The maximum absolute atomic E-state index is 13.3. The number of likely N-dealkylation sites (N-methyl/N-ethyl adjacent to an activating group) is 1. The number of esters is 1. The van der Waals surface area contributed by atoms with Crippen molar-refractivity contribution in [3.05, 3.63) is 53.6 Å². The lowest BCUT2D eigenvalue weighted by Gasteiger charge is -2.31. The zero-order valence-corrected chi connectivity index (χ0v) is 29.7. The monoisotopic (exact) mass is 643 g/mol. The summed E-state index contributed by atoms with van der Waals surface area (Å²) in [6.45, 7) is 13.1. The van der Waals surface area contributed by atoms with Gasteiger partial charge in [-0.05, 0) is 63.1 Å². The third-order valence-corrected chi connectivity index (χ3v) is 8.45. The minimum absolute atomic E-state index is 0.258. The number of anilines is 1. The molecule has 0 bridgehead atoms. The molecular formula is C38H63N2O6+. The van der Waals surface area contributed by atoms with Crippen molar-refractivity contribution in [1.29, 1.82) is 0 Å². The molecule has 0 unspecified atom stereocenters. The van der Waals surface area contributed by atoms with Gasteiger partial charge < -0.3 is 29.1 Å². The highest BCUT2D eigenvalue weighted by molar-refractivity contribution is 6.05. The summed E-state index contributed by atoms with van der Waals surface area (Å²) >= 11 is 0. The Morgan fingerprint density at radius 1 is 0.652 bits per heavy atom. The van der Waals surface area contributed by atoms with Crippen molar-refractivity contribution in [2.45, 2.75) is 105 Å². The Hall–Kier alpha value is -3.10. The first-order chi connectivity index (χ1) is 22.3. The molecule has 0 fully saturated rings. The Balaban J connectivity index is 0.00000518. The minimum Gasteiger partial charge on any atom is -0.493 e. The van der Waals surface area contributed by atoms with Gasteiger partial charge in [0, 0.05) is 24.4 Å². The Morgan fingerprint density at radius 3 is 1.61 bits per heavy atom. The molecule has 0 spiro atoms. The number of carbonyl (C=O) groups is 2. The van der Waals surface area contributed by atoms with Crippen LogP contribution in [0.15, 0.2) is 42.5 Å². The van der Waals surface area contributed by atoms with Crippen LogP contribution in [-0.4, -0.2) is 75.1 Å². The largest absolute Gasteiger partial charge is 0.493 e. The van der Waals surface area contributed by atoms with E-state index in [1.54, 1.807) is 36.4 Å². The summed E-state index contributed by atoms with van der Waals surface area (Å²) in [5.41, 5.74) is 1.53. The number of amides is 1. The second kappa shape index (κ2) is 25.0. The molecule has 2 rings (SSSR count). The molecule has 0 aliphatic heterocycles. The molecule has 46 heavy (non-hydrogen) atoms. The van der Waals surface area contributed by atoms with Crippen LogP contribution in [0.2, 0.25) is 0 Å². The van der Waals surface area contributed by atoms with Crippen LogP contribution in [0.4, 0.5) is 5.69 Å². The molecule has 1 amide bonds. The van der Waals surface area contributed by atoms with Gasteiger partial charge in [0.15, 0.2) is 0 Å². The Kier molecular flexibility index (Phi) is 22.3. The molecular weight excluding hydrogens is 580 g/mol. The third-order valence-electron chi connectivity index (χ3n) is 8.45. The summed E-state index contributed by atoms with van der Waals surface area (Å²) in [5, 5.41) is 9.94. The summed E-state index contributed by atoms with van der Waals surface area (Å²) in [6, 6.07) is 12.2. The fraction of sp³-hybridized carbons (Fsp3) is 0.632. The van der Waals surface area contributed by atoms with Crippen molar-refractivity contribution >= 4 is 17.6 Å². The minimum atomic E-state index is -0.357. The first-order valence-electron chi connectivity index (χ1n) is 17.6. The standard InChI is InChI=1S/C37H58N2O5.CH4O/c1-6-10-12-14-16-18-25-42-34-28-32(29-35(30-34)43-26-19-17-15-13-11-7-2)36(40)38-33-22-20-31(21-23-33)37(41)44-27-24-39(5,8-3)9-4;1-2/h20-23,28-30H,6-19,24-27H2,1-5H3;2H,1H3/p+1. The number of carbonyl (C=O) groups excluding carboxylic acids is 2. The average Bonchev–Trinajstić information content (AvgIpc) is 3.08. The van der Waals surface area contributed by atoms with E-state index in [4.69, 9.17) is 19.3 Å². The lowest BCUT2D eigenvalue weighted by molar-refractivity contribution is -0.906. The van der Waals surface area contributed by atoms with Gasteiger partial charge in [-0.15, -0.1) is 0 Å². The van der Waals surface area contributed by atoms with Gasteiger partial charge in [-0.25, -0.2) is 4.79 Å². The molecule has 8 heteroatoms. The molecule has 0 atom stereocenters. The van der Waals surface area contributed by atoms with Gasteiger partial charge in [-0.1, -0.05) is 78.1 Å². The van der Waals surface area contributed by atoms with Gasteiger partial charge in [0.25, 0.3) is 5.91 Å². The van der Waals surface area contributed by atoms with Gasteiger partial charge >= 0.3 is 5.97 Å². The van der Waals surface area contributed by atoms with Crippen LogP contribution in [0.1, 0.15) is 125 Å². The van der Waals surface area contributed by atoms with Crippen molar-refractivity contribution in [2.75, 3.05) is 58.9 Å². The van der Waals surface area contributed by atoms with Crippen LogP contribution in [0, 0.1) is 0 Å². The number of unbranched alkanes of at least 4 members (excludes halogenated alkanes) is 10. The van der Waals surface area contributed by atoms with E-state index in [2.05, 4.69) is 40.1 Å². The Labute approximate surface area is 279 Å². The van der Waals surface area contributed by atoms with Crippen molar-refractivity contribution in [2.24, 2.45) is 0 Å². The molecule has 2 N–H and O–H groups in total. The van der Waals surface area contributed by atoms with E-state index in [1.165, 1.54) is 51.4 Å². The number of nitrogens with one attached hydrogen (secondary N) is 1. The first kappa shape index (κ1) is 40.9. The molecule has 0 aliphatic carbocycles. The highest BCUT2D eigenvalue weighted by Gasteiger charge is 2.18. The van der Waals surface area contributed by atoms with E-state index >= 15 is 0 Å². The number of rotatable bonds is 24. The Bertz CT molecular complexity index is 1050. The van der Waals surface area contributed by atoms with Crippen molar-refractivity contribution in [1.82, 2.24) is 0 Å². The summed E-state index contributed by atoms with van der Waals surface area (Å²) in [7, 11) is 3.16. The summed E-state index contributed by atoms with van der Waals surface area (Å²) in [6.07, 6.45) is 14.3. The number of hydrogen-bond donors (Lipinski definition) is 2. The smallest absolute Gasteiger partial charge is 0.338 e. The van der Waals surface area contributed by atoms with Gasteiger partial charge in [0.1, 0.15) is 24.7 Å². The van der Waals surface area contributed by atoms with Crippen LogP contribution in [0.5, 0.6) is 11.5 Å². The van der Waals surface area contributed by atoms with Crippen LogP contribution in [-0.2, 0) is 4.74 Å². The zero-order valence-electron chi connectivity index (χ0n) is 29.7. The third kappa shape index (κ3) is 17.0. The van der Waals surface area contributed by atoms with Gasteiger partial charge in [-0.2, -0.15) is 0 Å². The van der Waals surface area contributed by atoms with Crippen LogP contribution < -0.4 is 14.8 Å². The van der Waals surface area contributed by atoms with Crippen LogP contribution in [0.3, 0.4) is 0 Å². The second-order valence-corrected chi connectivity index (χ2v) is 12.1. The maximum Gasteiger partial charge on any atom is 0.338 e. The van der Waals surface area contributed by atoms with E-state index in [-0.39, 0.29) is 11.9 Å². The number of hydrogen-bond acceptors (Lipinski definition) is 6. The van der Waals surface area contributed by atoms with Crippen molar-refractivity contribution in [3.63, 3.8) is 0 Å². The van der Waals surface area contributed by atoms with Crippen LogP contribution >= 0.6 is 0 Å².